The number of carbonyl (C=O) groups excluding carboxylic acids is 1. The highest BCUT2D eigenvalue weighted by Gasteiger charge is 2.38. The van der Waals surface area contributed by atoms with E-state index in [1.807, 2.05) is 42.2 Å². The van der Waals surface area contributed by atoms with Crippen LogP contribution in [0.15, 0.2) is 30.3 Å². The minimum Gasteiger partial charge on any atom is -0.445 e. The number of benzene rings is 1. The monoisotopic (exact) mass is 393 g/mol. The summed E-state index contributed by atoms with van der Waals surface area (Å²) in [5, 5.41) is 0.148. The lowest BCUT2D eigenvalue weighted by atomic mass is 9.95. The van der Waals surface area contributed by atoms with Crippen molar-refractivity contribution in [2.75, 3.05) is 13.2 Å². The first-order chi connectivity index (χ1) is 12.2. The fraction of sp³-hybridized carbons (Fsp3) is 0.682. The van der Waals surface area contributed by atoms with Crippen LogP contribution in [0.2, 0.25) is 18.1 Å². The molecule has 0 aliphatic heterocycles. The van der Waals surface area contributed by atoms with E-state index < -0.39 is 8.32 Å². The van der Waals surface area contributed by atoms with Crippen molar-refractivity contribution in [2.24, 2.45) is 5.41 Å². The number of hydrogen-bond donors (Lipinski definition) is 0. The third-order valence-corrected chi connectivity index (χ3v) is 9.61. The van der Waals surface area contributed by atoms with Crippen molar-refractivity contribution < 1.29 is 14.0 Å². The Labute approximate surface area is 167 Å². The summed E-state index contributed by atoms with van der Waals surface area (Å²) >= 11 is 0. The number of amides is 1. The Kier molecular flexibility index (Phi) is 8.11. The first-order valence-corrected chi connectivity index (χ1v) is 12.7. The van der Waals surface area contributed by atoms with Gasteiger partial charge in [0.1, 0.15) is 6.61 Å². The third-order valence-electron chi connectivity index (χ3n) is 5.11. The zero-order valence-corrected chi connectivity index (χ0v) is 19.8. The van der Waals surface area contributed by atoms with E-state index in [2.05, 4.69) is 54.6 Å². The first-order valence-electron chi connectivity index (χ1n) is 9.84. The molecule has 0 radical (unpaired) electrons. The molecule has 0 spiro atoms. The average Bonchev–Trinajstić information content (AvgIpc) is 2.54. The Morgan fingerprint density at radius 2 is 1.63 bits per heavy atom. The summed E-state index contributed by atoms with van der Waals surface area (Å²) in [6.45, 7) is 21.0. The highest BCUT2D eigenvalue weighted by molar-refractivity contribution is 6.74. The molecule has 0 aliphatic rings. The van der Waals surface area contributed by atoms with Crippen molar-refractivity contribution in [1.29, 1.82) is 0 Å². The number of ether oxygens (including phenoxy) is 1. The Balaban J connectivity index is 2.78. The van der Waals surface area contributed by atoms with Gasteiger partial charge in [0, 0.05) is 6.54 Å². The van der Waals surface area contributed by atoms with Crippen LogP contribution >= 0.6 is 0 Å². The maximum absolute atomic E-state index is 12.8. The van der Waals surface area contributed by atoms with Crippen LogP contribution in [0.25, 0.3) is 0 Å². The van der Waals surface area contributed by atoms with E-state index in [-0.39, 0.29) is 29.2 Å². The van der Waals surface area contributed by atoms with Crippen LogP contribution in [0.1, 0.15) is 54.0 Å². The van der Waals surface area contributed by atoms with Gasteiger partial charge in [-0.1, -0.05) is 71.9 Å². The summed E-state index contributed by atoms with van der Waals surface area (Å²) in [7, 11) is -1.86. The van der Waals surface area contributed by atoms with E-state index in [1.165, 1.54) is 0 Å². The average molecular weight is 394 g/mol. The van der Waals surface area contributed by atoms with Crippen molar-refractivity contribution in [1.82, 2.24) is 4.90 Å². The van der Waals surface area contributed by atoms with Gasteiger partial charge in [-0.2, -0.15) is 0 Å². The van der Waals surface area contributed by atoms with Crippen molar-refractivity contribution in [3.8, 4) is 0 Å². The smallest absolute Gasteiger partial charge is 0.410 e. The molecular weight excluding hydrogens is 354 g/mol. The molecule has 0 bridgehead atoms. The molecule has 0 fully saturated rings. The van der Waals surface area contributed by atoms with Crippen molar-refractivity contribution in [3.05, 3.63) is 35.9 Å². The highest BCUT2D eigenvalue weighted by Crippen LogP contribution is 2.36. The molecule has 0 unspecified atom stereocenters. The van der Waals surface area contributed by atoms with Gasteiger partial charge in [-0.15, -0.1) is 0 Å². The Morgan fingerprint density at radius 1 is 1.07 bits per heavy atom. The van der Waals surface area contributed by atoms with Gasteiger partial charge in [-0.05, 0) is 36.0 Å². The molecule has 0 N–H and O–H groups in total. The summed E-state index contributed by atoms with van der Waals surface area (Å²) < 4.78 is 12.0. The number of rotatable bonds is 7. The summed E-state index contributed by atoms with van der Waals surface area (Å²) in [5.41, 5.74) is 0.975. The fourth-order valence-corrected chi connectivity index (χ4v) is 3.44. The molecule has 4 nitrogen and oxygen atoms in total. The molecule has 5 heteroatoms. The lowest BCUT2D eigenvalue weighted by Crippen LogP contribution is -2.49. The molecule has 154 valence electrons. The van der Waals surface area contributed by atoms with Crippen LogP contribution in [-0.4, -0.2) is 38.5 Å². The molecule has 0 saturated carbocycles. The summed E-state index contributed by atoms with van der Waals surface area (Å²) in [6.07, 6.45) is -0.278. The molecule has 1 aromatic rings. The quantitative estimate of drug-likeness (QED) is 0.527. The standard InChI is InChI=1S/C22H39NO3Si/c1-18(15-26-27(8,9)22(5,6)7)23(17-21(2,3)4)20(24)25-16-19-13-11-10-12-14-19/h10-14,18H,15-17H2,1-9H3/t18-/m0/s1. The van der Waals surface area contributed by atoms with Gasteiger partial charge < -0.3 is 14.1 Å². The van der Waals surface area contributed by atoms with E-state index in [4.69, 9.17) is 9.16 Å². The predicted molar refractivity (Wildman–Crippen MR) is 115 cm³/mol. The second-order valence-electron chi connectivity index (χ2n) is 10.1. The third kappa shape index (κ3) is 8.05. The van der Waals surface area contributed by atoms with Crippen LogP contribution in [0.5, 0.6) is 0 Å². The van der Waals surface area contributed by atoms with Crippen LogP contribution in [0.4, 0.5) is 4.79 Å². The highest BCUT2D eigenvalue weighted by atomic mass is 28.4. The summed E-state index contributed by atoms with van der Waals surface area (Å²) in [5.74, 6) is 0. The van der Waals surface area contributed by atoms with Gasteiger partial charge in [0.25, 0.3) is 0 Å². The van der Waals surface area contributed by atoms with Gasteiger partial charge in [0.15, 0.2) is 8.32 Å². The minimum atomic E-state index is -1.86. The van der Waals surface area contributed by atoms with Crippen molar-refractivity contribution in [2.45, 2.75) is 79.2 Å². The SMILES string of the molecule is C[C@@H](CO[Si](C)(C)C(C)(C)C)N(CC(C)(C)C)C(=O)OCc1ccccc1. The lowest BCUT2D eigenvalue weighted by molar-refractivity contribution is 0.0553. The molecule has 0 heterocycles. The predicted octanol–water partition coefficient (Wildman–Crippen LogP) is 6.08. The van der Waals surface area contributed by atoms with E-state index in [0.717, 1.165) is 5.56 Å². The van der Waals surface area contributed by atoms with E-state index in [9.17, 15) is 4.79 Å². The number of carbonyl (C=O) groups is 1. The molecule has 0 aromatic heterocycles. The second-order valence-corrected chi connectivity index (χ2v) is 15.0. The molecule has 1 atom stereocenters. The van der Waals surface area contributed by atoms with Gasteiger partial charge in [0.2, 0.25) is 0 Å². The van der Waals surface area contributed by atoms with Crippen molar-refractivity contribution in [3.63, 3.8) is 0 Å². The molecule has 0 aliphatic carbocycles. The Morgan fingerprint density at radius 3 is 2.11 bits per heavy atom. The topological polar surface area (TPSA) is 38.8 Å². The van der Waals surface area contributed by atoms with E-state index >= 15 is 0 Å². The van der Waals surface area contributed by atoms with E-state index in [1.54, 1.807) is 0 Å². The van der Waals surface area contributed by atoms with Gasteiger partial charge in [0.05, 0.1) is 12.6 Å². The minimum absolute atomic E-state index is 0.0169. The summed E-state index contributed by atoms with van der Waals surface area (Å²) in [4.78, 5) is 14.6. The van der Waals surface area contributed by atoms with Crippen molar-refractivity contribution >= 4 is 14.4 Å². The number of nitrogens with zero attached hydrogens (tertiary/aromatic N) is 1. The van der Waals surface area contributed by atoms with E-state index in [0.29, 0.717) is 13.2 Å². The lowest BCUT2D eigenvalue weighted by Gasteiger charge is -2.39. The maximum Gasteiger partial charge on any atom is 0.410 e. The maximum atomic E-state index is 12.8. The van der Waals surface area contributed by atoms with Gasteiger partial charge >= 0.3 is 6.09 Å². The number of hydrogen-bond acceptors (Lipinski definition) is 3. The Bertz CT molecular complexity index is 588. The van der Waals surface area contributed by atoms with Crippen LogP contribution in [0.3, 0.4) is 0 Å². The molecule has 1 amide bonds. The van der Waals surface area contributed by atoms with Crippen LogP contribution in [-0.2, 0) is 15.8 Å². The molecule has 0 saturated heterocycles. The van der Waals surface area contributed by atoms with Gasteiger partial charge in [-0.25, -0.2) is 4.79 Å². The fourth-order valence-electron chi connectivity index (χ4n) is 2.35. The second kappa shape index (κ2) is 9.24. The largest absolute Gasteiger partial charge is 0.445 e. The molecule has 1 rings (SSSR count). The Hall–Kier alpha value is -1.33. The first kappa shape index (κ1) is 23.7. The molecular formula is C22H39NO3Si. The zero-order chi connectivity index (χ0) is 20.9. The summed E-state index contributed by atoms with van der Waals surface area (Å²) in [6, 6.07) is 9.74. The van der Waals surface area contributed by atoms with Crippen LogP contribution in [0, 0.1) is 5.41 Å². The molecule has 27 heavy (non-hydrogen) atoms. The normalized spacial score (nSPS) is 14.0. The molecule has 1 aromatic carbocycles. The zero-order valence-electron chi connectivity index (χ0n) is 18.8. The van der Waals surface area contributed by atoms with Gasteiger partial charge in [-0.3, -0.25) is 0 Å². The van der Waals surface area contributed by atoms with Crippen LogP contribution < -0.4 is 0 Å².